The van der Waals surface area contributed by atoms with Crippen LogP contribution < -0.4 is 10.5 Å². The molecule has 2 nitrogen and oxygen atoms in total. The van der Waals surface area contributed by atoms with E-state index in [1.54, 1.807) is 13.2 Å². The number of rotatable bonds is 3. The van der Waals surface area contributed by atoms with Crippen LogP contribution in [0, 0.1) is 5.82 Å². The first-order valence-electron chi connectivity index (χ1n) is 5.57. The van der Waals surface area contributed by atoms with Crippen molar-refractivity contribution >= 4 is 27.5 Å². The van der Waals surface area contributed by atoms with Crippen LogP contribution in [0.5, 0.6) is 5.75 Å². The number of methoxy groups -OCH3 is 1. The van der Waals surface area contributed by atoms with Crippen molar-refractivity contribution < 1.29 is 9.13 Å². The molecular formula is C14H12BrClFNO. The summed E-state index contributed by atoms with van der Waals surface area (Å²) < 4.78 is 19.4. The largest absolute Gasteiger partial charge is 0.496 e. The van der Waals surface area contributed by atoms with Crippen LogP contribution in [0.2, 0.25) is 5.02 Å². The maximum absolute atomic E-state index is 13.2. The van der Waals surface area contributed by atoms with Crippen LogP contribution in [0.15, 0.2) is 40.9 Å². The summed E-state index contributed by atoms with van der Waals surface area (Å²) in [5.41, 5.74) is 7.73. The van der Waals surface area contributed by atoms with Crippen LogP contribution in [-0.4, -0.2) is 7.11 Å². The Bertz CT molecular complexity index is 606. The van der Waals surface area contributed by atoms with Gasteiger partial charge < -0.3 is 10.5 Å². The monoisotopic (exact) mass is 343 g/mol. The first kappa shape index (κ1) is 14.3. The molecule has 0 saturated heterocycles. The Hall–Kier alpha value is -1.10. The van der Waals surface area contributed by atoms with Crippen molar-refractivity contribution in [3.8, 4) is 5.75 Å². The molecule has 2 aromatic carbocycles. The highest BCUT2D eigenvalue weighted by Gasteiger charge is 2.15. The zero-order valence-electron chi connectivity index (χ0n) is 10.2. The molecule has 5 heteroatoms. The molecule has 0 bridgehead atoms. The van der Waals surface area contributed by atoms with E-state index in [4.69, 9.17) is 22.1 Å². The topological polar surface area (TPSA) is 35.2 Å². The van der Waals surface area contributed by atoms with Crippen molar-refractivity contribution in [3.05, 3.63) is 62.8 Å². The molecule has 1 atom stereocenters. The fraction of sp³-hybridized carbons (Fsp3) is 0.143. The Labute approximate surface area is 124 Å². The van der Waals surface area contributed by atoms with Crippen molar-refractivity contribution in [2.45, 2.75) is 6.04 Å². The fourth-order valence-electron chi connectivity index (χ4n) is 1.83. The van der Waals surface area contributed by atoms with Gasteiger partial charge in [0, 0.05) is 10.0 Å². The molecule has 0 amide bonds. The van der Waals surface area contributed by atoms with Gasteiger partial charge in [-0.05, 0) is 35.9 Å². The van der Waals surface area contributed by atoms with Gasteiger partial charge in [-0.15, -0.1) is 0 Å². The quantitative estimate of drug-likeness (QED) is 0.901. The summed E-state index contributed by atoms with van der Waals surface area (Å²) in [6, 6.07) is 9.58. The Balaban J connectivity index is 2.45. The predicted molar refractivity (Wildman–Crippen MR) is 78.1 cm³/mol. The average molecular weight is 345 g/mol. The summed E-state index contributed by atoms with van der Waals surface area (Å²) in [6.45, 7) is 0. The molecule has 0 aliphatic carbocycles. The zero-order valence-corrected chi connectivity index (χ0v) is 12.5. The smallest absolute Gasteiger partial charge is 0.141 e. The van der Waals surface area contributed by atoms with Crippen LogP contribution in [-0.2, 0) is 0 Å². The molecule has 0 saturated carbocycles. The van der Waals surface area contributed by atoms with Crippen LogP contribution in [0.4, 0.5) is 4.39 Å². The number of halogens is 3. The zero-order chi connectivity index (χ0) is 14.0. The minimum Gasteiger partial charge on any atom is -0.496 e. The predicted octanol–water partition coefficient (Wildman–Crippen LogP) is 4.30. The van der Waals surface area contributed by atoms with E-state index < -0.39 is 11.9 Å². The fourth-order valence-corrected chi connectivity index (χ4v) is 2.40. The van der Waals surface area contributed by atoms with Gasteiger partial charge in [0.25, 0.3) is 0 Å². The molecule has 2 aromatic rings. The van der Waals surface area contributed by atoms with E-state index in [-0.39, 0.29) is 5.02 Å². The summed E-state index contributed by atoms with van der Waals surface area (Å²) in [5.74, 6) is 0.218. The highest BCUT2D eigenvalue weighted by atomic mass is 79.9. The highest BCUT2D eigenvalue weighted by molar-refractivity contribution is 9.10. The summed E-state index contributed by atoms with van der Waals surface area (Å²) in [7, 11) is 1.58. The van der Waals surface area contributed by atoms with Crippen molar-refractivity contribution in [1.82, 2.24) is 0 Å². The van der Waals surface area contributed by atoms with Gasteiger partial charge in [-0.2, -0.15) is 0 Å². The molecule has 0 aliphatic heterocycles. The molecule has 0 aliphatic rings. The third-order valence-corrected chi connectivity index (χ3v) is 3.61. The lowest BCUT2D eigenvalue weighted by Gasteiger charge is -2.17. The van der Waals surface area contributed by atoms with Gasteiger partial charge in [0.15, 0.2) is 0 Å². The van der Waals surface area contributed by atoms with Crippen LogP contribution in [0.25, 0.3) is 0 Å². The van der Waals surface area contributed by atoms with Crippen molar-refractivity contribution in [1.29, 1.82) is 0 Å². The van der Waals surface area contributed by atoms with Gasteiger partial charge in [-0.25, -0.2) is 4.39 Å². The van der Waals surface area contributed by atoms with Gasteiger partial charge in [0.2, 0.25) is 0 Å². The van der Waals surface area contributed by atoms with E-state index in [0.29, 0.717) is 5.75 Å². The van der Waals surface area contributed by atoms with Gasteiger partial charge in [-0.1, -0.05) is 33.6 Å². The first-order valence-corrected chi connectivity index (χ1v) is 6.74. The van der Waals surface area contributed by atoms with Crippen molar-refractivity contribution in [3.63, 3.8) is 0 Å². The first-order chi connectivity index (χ1) is 9.02. The Kier molecular flexibility index (Phi) is 4.45. The summed E-state index contributed by atoms with van der Waals surface area (Å²) in [4.78, 5) is 0. The molecule has 0 aromatic heterocycles. The Morgan fingerprint density at radius 3 is 2.63 bits per heavy atom. The van der Waals surface area contributed by atoms with Gasteiger partial charge in [-0.3, -0.25) is 0 Å². The third-order valence-electron chi connectivity index (χ3n) is 2.83. The molecule has 1 unspecified atom stereocenters. The molecule has 100 valence electrons. The summed E-state index contributed by atoms with van der Waals surface area (Å²) in [5, 5.41) is 0.0573. The minimum absolute atomic E-state index is 0.0573. The standard InChI is InChI=1S/C14H12BrClFNO/c1-19-13-5-3-9(15)7-10(13)14(18)8-2-4-12(17)11(16)6-8/h2-7,14H,18H2,1H3. The number of hydrogen-bond acceptors (Lipinski definition) is 2. The average Bonchev–Trinajstić information content (AvgIpc) is 2.41. The molecule has 0 spiro atoms. The van der Waals surface area contributed by atoms with Gasteiger partial charge >= 0.3 is 0 Å². The lowest BCUT2D eigenvalue weighted by Crippen LogP contribution is -2.13. The second kappa shape index (κ2) is 5.90. The second-order valence-electron chi connectivity index (χ2n) is 4.04. The molecular weight excluding hydrogens is 333 g/mol. The second-order valence-corrected chi connectivity index (χ2v) is 5.36. The van der Waals surface area contributed by atoms with E-state index >= 15 is 0 Å². The SMILES string of the molecule is COc1ccc(Br)cc1C(N)c1ccc(F)c(Cl)c1. The Morgan fingerprint density at radius 1 is 1.26 bits per heavy atom. The van der Waals surface area contributed by atoms with Gasteiger partial charge in [0.05, 0.1) is 18.2 Å². The maximum atomic E-state index is 13.2. The summed E-state index contributed by atoms with van der Waals surface area (Å²) in [6.07, 6.45) is 0. The third kappa shape index (κ3) is 3.08. The minimum atomic E-state index is -0.459. The lowest BCUT2D eigenvalue weighted by atomic mass is 9.99. The van der Waals surface area contributed by atoms with Crippen LogP contribution in [0.3, 0.4) is 0 Å². The van der Waals surface area contributed by atoms with Crippen molar-refractivity contribution in [2.24, 2.45) is 5.73 Å². The number of benzene rings is 2. The van der Waals surface area contributed by atoms with Crippen molar-refractivity contribution in [2.75, 3.05) is 7.11 Å². The van der Waals surface area contributed by atoms with E-state index in [1.807, 2.05) is 18.2 Å². The van der Waals surface area contributed by atoms with Gasteiger partial charge in [0.1, 0.15) is 11.6 Å². The number of hydrogen-bond donors (Lipinski definition) is 1. The Morgan fingerprint density at radius 2 is 2.00 bits per heavy atom. The van der Waals surface area contributed by atoms with E-state index in [0.717, 1.165) is 15.6 Å². The molecule has 0 radical (unpaired) electrons. The molecule has 19 heavy (non-hydrogen) atoms. The van der Waals surface area contributed by atoms with E-state index in [9.17, 15) is 4.39 Å². The maximum Gasteiger partial charge on any atom is 0.141 e. The van der Waals surface area contributed by atoms with E-state index in [2.05, 4.69) is 15.9 Å². The summed E-state index contributed by atoms with van der Waals surface area (Å²) >= 11 is 9.17. The molecule has 0 fully saturated rings. The normalized spacial score (nSPS) is 12.3. The molecule has 2 rings (SSSR count). The van der Waals surface area contributed by atoms with Crippen LogP contribution in [0.1, 0.15) is 17.2 Å². The highest BCUT2D eigenvalue weighted by Crippen LogP contribution is 2.32. The molecule has 2 N–H and O–H groups in total. The number of nitrogens with two attached hydrogens (primary N) is 1. The van der Waals surface area contributed by atoms with E-state index in [1.165, 1.54) is 12.1 Å². The molecule has 0 heterocycles. The lowest BCUT2D eigenvalue weighted by molar-refractivity contribution is 0.407. The van der Waals surface area contributed by atoms with Crippen LogP contribution >= 0.6 is 27.5 Å². The number of ether oxygens (including phenoxy) is 1.